The normalized spacial score (nSPS) is 18.3. The van der Waals surface area contributed by atoms with Crippen LogP contribution in [0.3, 0.4) is 0 Å². The molecular formula is C24H25F3N6O. The number of nitrogens with two attached hydrogens (primary N) is 1. The van der Waals surface area contributed by atoms with Crippen LogP contribution >= 0.6 is 0 Å². The Balaban J connectivity index is 1.57. The number of hydrogen-bond donors (Lipinski definition) is 1. The van der Waals surface area contributed by atoms with E-state index in [0.717, 1.165) is 5.39 Å². The minimum Gasteiger partial charge on any atom is -0.491 e. The smallest absolute Gasteiger partial charge is 0.408 e. The van der Waals surface area contributed by atoms with Crippen molar-refractivity contribution in [3.63, 3.8) is 0 Å². The second-order valence-electron chi connectivity index (χ2n) is 8.92. The first-order valence-electron chi connectivity index (χ1n) is 11.2. The fourth-order valence-corrected chi connectivity index (χ4v) is 4.47. The van der Waals surface area contributed by atoms with E-state index in [1.54, 1.807) is 16.5 Å². The monoisotopic (exact) mass is 470 g/mol. The second-order valence-corrected chi connectivity index (χ2v) is 8.92. The number of likely N-dealkylation sites (tertiary alicyclic amines) is 1. The Morgan fingerprint density at radius 1 is 1.09 bits per heavy atom. The molecule has 1 fully saturated rings. The molecule has 7 nitrogen and oxygen atoms in total. The van der Waals surface area contributed by atoms with Gasteiger partial charge in [-0.3, -0.25) is 9.30 Å². The highest BCUT2D eigenvalue weighted by Crippen LogP contribution is 2.39. The van der Waals surface area contributed by atoms with Crippen molar-refractivity contribution < 1.29 is 17.9 Å². The molecule has 4 heterocycles. The molecule has 2 N–H and O–H groups in total. The molecule has 0 saturated carbocycles. The van der Waals surface area contributed by atoms with Gasteiger partial charge in [-0.15, -0.1) is 10.2 Å². The number of fused-ring (bicyclic) bond motifs is 2. The van der Waals surface area contributed by atoms with Gasteiger partial charge in [0.05, 0.1) is 11.6 Å². The summed E-state index contributed by atoms with van der Waals surface area (Å²) in [5, 5.41) is 9.27. The van der Waals surface area contributed by atoms with Crippen LogP contribution in [0.25, 0.3) is 28.1 Å². The van der Waals surface area contributed by atoms with E-state index in [-0.39, 0.29) is 24.3 Å². The summed E-state index contributed by atoms with van der Waals surface area (Å²) in [5.74, 6) is 1.06. The van der Waals surface area contributed by atoms with E-state index < -0.39 is 12.2 Å². The molecule has 1 aromatic carbocycles. The van der Waals surface area contributed by atoms with Gasteiger partial charge in [0.1, 0.15) is 17.5 Å². The molecule has 0 bridgehead atoms. The molecular weight excluding hydrogens is 445 g/mol. The Kier molecular flexibility index (Phi) is 5.65. The predicted molar refractivity (Wildman–Crippen MR) is 122 cm³/mol. The summed E-state index contributed by atoms with van der Waals surface area (Å²) in [4.78, 5) is 6.08. The Hall–Kier alpha value is -3.24. The number of halogens is 3. The highest BCUT2D eigenvalue weighted by molar-refractivity contribution is 5.82. The lowest BCUT2D eigenvalue weighted by atomic mass is 10.1. The third kappa shape index (κ3) is 4.30. The summed E-state index contributed by atoms with van der Waals surface area (Å²) in [6.45, 7) is 4.38. The summed E-state index contributed by atoms with van der Waals surface area (Å²) < 4.78 is 49.6. The molecule has 178 valence electrons. The van der Waals surface area contributed by atoms with Crippen molar-refractivity contribution in [2.75, 3.05) is 13.1 Å². The van der Waals surface area contributed by atoms with Gasteiger partial charge >= 0.3 is 6.18 Å². The van der Waals surface area contributed by atoms with Crippen LogP contribution in [0.15, 0.2) is 48.7 Å². The van der Waals surface area contributed by atoms with Gasteiger partial charge < -0.3 is 10.5 Å². The van der Waals surface area contributed by atoms with E-state index in [1.807, 2.05) is 38.1 Å². The Morgan fingerprint density at radius 2 is 1.88 bits per heavy atom. The molecule has 3 aromatic heterocycles. The molecule has 2 unspecified atom stereocenters. The van der Waals surface area contributed by atoms with Crippen molar-refractivity contribution in [2.45, 2.75) is 44.6 Å². The van der Waals surface area contributed by atoms with Crippen molar-refractivity contribution in [1.29, 1.82) is 0 Å². The average molecular weight is 470 g/mol. The highest BCUT2D eigenvalue weighted by atomic mass is 19.4. The van der Waals surface area contributed by atoms with Gasteiger partial charge in [0.25, 0.3) is 0 Å². The first-order chi connectivity index (χ1) is 16.2. The van der Waals surface area contributed by atoms with Gasteiger partial charge in [0.15, 0.2) is 11.5 Å². The fourth-order valence-electron chi connectivity index (χ4n) is 4.47. The van der Waals surface area contributed by atoms with Crippen molar-refractivity contribution in [3.05, 3.63) is 54.2 Å². The SMILES string of the molecule is CC(C)Oc1ccc2ccc(-c3nnc4ccc(C(N5CCC(N)C5)C(F)(F)F)cn34)nc2c1. The van der Waals surface area contributed by atoms with Crippen LogP contribution in [-0.4, -0.2) is 55.9 Å². The number of benzene rings is 1. The minimum absolute atomic E-state index is 0.0197. The second kappa shape index (κ2) is 8.52. The standard InChI is InChI=1S/C24H25F3N6O/c1-14(2)34-18-6-3-15-4-7-19(29-20(15)11-18)23-31-30-21-8-5-16(12-33(21)23)22(24(25,26)27)32-10-9-17(28)13-32/h3-8,11-12,14,17,22H,9-10,13,28H2,1-2H3. The summed E-state index contributed by atoms with van der Waals surface area (Å²) in [5.41, 5.74) is 7.65. The molecule has 0 radical (unpaired) electrons. The number of ether oxygens (including phenoxy) is 1. The maximum absolute atomic E-state index is 14.1. The molecule has 0 spiro atoms. The lowest BCUT2D eigenvalue weighted by molar-refractivity contribution is -0.183. The van der Waals surface area contributed by atoms with Crippen molar-refractivity contribution >= 4 is 16.6 Å². The molecule has 1 saturated heterocycles. The molecule has 1 aliphatic rings. The third-order valence-corrected chi connectivity index (χ3v) is 5.94. The van der Waals surface area contributed by atoms with E-state index in [0.29, 0.717) is 41.4 Å². The van der Waals surface area contributed by atoms with E-state index in [1.165, 1.54) is 17.2 Å². The van der Waals surface area contributed by atoms with E-state index in [2.05, 4.69) is 10.2 Å². The van der Waals surface area contributed by atoms with Crippen molar-refractivity contribution in [3.8, 4) is 17.3 Å². The first-order valence-corrected chi connectivity index (χ1v) is 11.2. The predicted octanol–water partition coefficient (Wildman–Crippen LogP) is 4.37. The number of nitrogens with zero attached hydrogens (tertiary/aromatic N) is 5. The van der Waals surface area contributed by atoms with Gasteiger partial charge in [0, 0.05) is 36.8 Å². The topological polar surface area (TPSA) is 81.6 Å². The van der Waals surface area contributed by atoms with Gasteiger partial charge in [-0.25, -0.2) is 4.98 Å². The highest BCUT2D eigenvalue weighted by Gasteiger charge is 2.46. The van der Waals surface area contributed by atoms with Crippen LogP contribution < -0.4 is 10.5 Å². The van der Waals surface area contributed by atoms with Gasteiger partial charge in [-0.2, -0.15) is 13.2 Å². The number of hydrogen-bond acceptors (Lipinski definition) is 6. The average Bonchev–Trinajstić information content (AvgIpc) is 3.38. The summed E-state index contributed by atoms with van der Waals surface area (Å²) in [7, 11) is 0. The van der Waals surface area contributed by atoms with Crippen LogP contribution in [0.4, 0.5) is 13.2 Å². The zero-order chi connectivity index (χ0) is 24.0. The maximum atomic E-state index is 14.1. The summed E-state index contributed by atoms with van der Waals surface area (Å²) in [6.07, 6.45) is -2.43. The van der Waals surface area contributed by atoms with Crippen LogP contribution in [0, 0.1) is 0 Å². The Labute approximate surface area is 194 Å². The molecule has 1 aliphatic heterocycles. The summed E-state index contributed by atoms with van der Waals surface area (Å²) in [6, 6.07) is 10.3. The Bertz CT molecular complexity index is 1340. The number of pyridine rings is 2. The van der Waals surface area contributed by atoms with E-state index in [4.69, 9.17) is 15.5 Å². The lowest BCUT2D eigenvalue weighted by Crippen LogP contribution is -2.38. The van der Waals surface area contributed by atoms with E-state index >= 15 is 0 Å². The number of rotatable bonds is 5. The maximum Gasteiger partial charge on any atom is 0.408 e. The van der Waals surface area contributed by atoms with Gasteiger partial charge in [-0.05, 0) is 50.1 Å². The number of aromatic nitrogens is 4. The summed E-state index contributed by atoms with van der Waals surface area (Å²) >= 11 is 0. The lowest BCUT2D eigenvalue weighted by Gasteiger charge is -2.30. The van der Waals surface area contributed by atoms with Gasteiger partial charge in [-0.1, -0.05) is 12.1 Å². The molecule has 34 heavy (non-hydrogen) atoms. The molecule has 5 rings (SSSR count). The molecule has 4 aromatic rings. The van der Waals surface area contributed by atoms with Crippen LogP contribution in [-0.2, 0) is 0 Å². The fraction of sp³-hybridized carbons (Fsp3) is 0.375. The van der Waals surface area contributed by atoms with Crippen molar-refractivity contribution in [2.24, 2.45) is 5.73 Å². The zero-order valence-corrected chi connectivity index (χ0v) is 18.8. The van der Waals surface area contributed by atoms with Crippen LogP contribution in [0.1, 0.15) is 31.9 Å². The zero-order valence-electron chi connectivity index (χ0n) is 18.8. The van der Waals surface area contributed by atoms with Crippen molar-refractivity contribution in [1.82, 2.24) is 24.5 Å². The van der Waals surface area contributed by atoms with E-state index in [9.17, 15) is 13.2 Å². The number of alkyl halides is 3. The largest absolute Gasteiger partial charge is 0.491 e. The molecule has 0 amide bonds. The van der Waals surface area contributed by atoms with Gasteiger partial charge in [0.2, 0.25) is 0 Å². The van der Waals surface area contributed by atoms with Crippen LogP contribution in [0.2, 0.25) is 0 Å². The molecule has 0 aliphatic carbocycles. The Morgan fingerprint density at radius 3 is 2.59 bits per heavy atom. The molecule has 10 heteroatoms. The minimum atomic E-state index is -4.44. The molecule has 2 atom stereocenters. The quantitative estimate of drug-likeness (QED) is 0.467. The van der Waals surface area contributed by atoms with Crippen LogP contribution in [0.5, 0.6) is 5.75 Å². The third-order valence-electron chi connectivity index (χ3n) is 5.94. The first kappa shape index (κ1) is 22.5.